The Bertz CT molecular complexity index is 493. The van der Waals surface area contributed by atoms with Gasteiger partial charge in [0.25, 0.3) is 0 Å². The molecule has 0 fully saturated rings. The Labute approximate surface area is 106 Å². The zero-order chi connectivity index (χ0) is 12.8. The second-order valence-corrected chi connectivity index (χ2v) is 4.03. The number of hydrogen-bond donors (Lipinski definition) is 1. The molecule has 1 heterocycles. The van der Waals surface area contributed by atoms with Gasteiger partial charge in [-0.3, -0.25) is 0 Å². The molecule has 1 aromatic carbocycles. The van der Waals surface area contributed by atoms with Crippen molar-refractivity contribution in [1.29, 1.82) is 0 Å². The summed E-state index contributed by atoms with van der Waals surface area (Å²) in [7, 11) is 0. The van der Waals surface area contributed by atoms with Gasteiger partial charge in [-0.15, -0.1) is 0 Å². The molecule has 5 heteroatoms. The summed E-state index contributed by atoms with van der Waals surface area (Å²) in [6.45, 7) is 2.09. The lowest BCUT2D eigenvalue weighted by Crippen LogP contribution is -2.21. The maximum Gasteiger partial charge on any atom is 0.137 e. The Hall–Kier alpha value is -2.17. The highest BCUT2D eigenvalue weighted by Gasteiger charge is 2.20. The number of oxime groups is 1. The first-order valence-electron chi connectivity index (χ1n) is 5.98. The average Bonchev–Trinajstić information content (AvgIpc) is 2.93. The molecular formula is C13H16N4O. The summed E-state index contributed by atoms with van der Waals surface area (Å²) in [6, 6.07) is 9.53. The molecule has 0 aliphatic carbocycles. The lowest BCUT2D eigenvalue weighted by atomic mass is 10.00. The maximum absolute atomic E-state index is 9.30. The monoisotopic (exact) mass is 244 g/mol. The summed E-state index contributed by atoms with van der Waals surface area (Å²) in [4.78, 5) is 3.95. The standard InChI is InChI=1S/C13H16N4O/c1-2-6-12(17-10-14-9-15-17)13(16-18)11-7-4-3-5-8-11/h3-5,7-10,12,18H,2,6H2,1H3/t12-/m1/s1. The van der Waals surface area contributed by atoms with E-state index in [2.05, 4.69) is 22.2 Å². The van der Waals surface area contributed by atoms with Gasteiger partial charge in [0.05, 0.1) is 6.04 Å². The van der Waals surface area contributed by atoms with Crippen molar-refractivity contribution in [3.63, 3.8) is 0 Å². The molecule has 0 aliphatic heterocycles. The molecule has 18 heavy (non-hydrogen) atoms. The Kier molecular flexibility index (Phi) is 4.06. The topological polar surface area (TPSA) is 63.3 Å². The first kappa shape index (κ1) is 12.3. The van der Waals surface area contributed by atoms with Crippen LogP contribution in [0.5, 0.6) is 0 Å². The highest BCUT2D eigenvalue weighted by atomic mass is 16.4. The molecule has 0 saturated heterocycles. The van der Waals surface area contributed by atoms with Crippen LogP contribution < -0.4 is 0 Å². The van der Waals surface area contributed by atoms with Gasteiger partial charge in [-0.1, -0.05) is 48.8 Å². The van der Waals surface area contributed by atoms with Crippen LogP contribution in [-0.4, -0.2) is 25.7 Å². The molecule has 94 valence electrons. The number of hydrogen-bond acceptors (Lipinski definition) is 4. The zero-order valence-electron chi connectivity index (χ0n) is 10.3. The van der Waals surface area contributed by atoms with Gasteiger partial charge in [0, 0.05) is 5.56 Å². The molecule has 0 amide bonds. The van der Waals surface area contributed by atoms with Gasteiger partial charge in [-0.05, 0) is 6.42 Å². The van der Waals surface area contributed by atoms with Gasteiger partial charge in [0.2, 0.25) is 0 Å². The smallest absolute Gasteiger partial charge is 0.137 e. The average molecular weight is 244 g/mol. The fourth-order valence-corrected chi connectivity index (χ4v) is 1.97. The van der Waals surface area contributed by atoms with Crippen molar-refractivity contribution < 1.29 is 5.21 Å². The largest absolute Gasteiger partial charge is 0.411 e. The van der Waals surface area contributed by atoms with Crippen molar-refractivity contribution in [3.8, 4) is 0 Å². The van der Waals surface area contributed by atoms with Crippen LogP contribution in [0.4, 0.5) is 0 Å². The van der Waals surface area contributed by atoms with Gasteiger partial charge < -0.3 is 5.21 Å². The predicted molar refractivity (Wildman–Crippen MR) is 68.7 cm³/mol. The molecule has 0 spiro atoms. The molecule has 5 nitrogen and oxygen atoms in total. The first-order valence-corrected chi connectivity index (χ1v) is 5.98. The number of rotatable bonds is 5. The van der Waals surface area contributed by atoms with E-state index < -0.39 is 0 Å². The van der Waals surface area contributed by atoms with Gasteiger partial charge in [0.15, 0.2) is 0 Å². The summed E-state index contributed by atoms with van der Waals surface area (Å²) in [6.07, 6.45) is 4.95. The van der Waals surface area contributed by atoms with E-state index in [1.54, 1.807) is 11.0 Å². The minimum absolute atomic E-state index is 0.0927. The minimum atomic E-state index is -0.0927. The molecule has 1 N–H and O–H groups in total. The van der Waals surface area contributed by atoms with Gasteiger partial charge >= 0.3 is 0 Å². The van der Waals surface area contributed by atoms with Crippen molar-refractivity contribution in [1.82, 2.24) is 14.8 Å². The number of benzene rings is 1. The van der Waals surface area contributed by atoms with Crippen molar-refractivity contribution >= 4 is 5.71 Å². The Morgan fingerprint density at radius 1 is 1.39 bits per heavy atom. The molecule has 2 aromatic rings. The van der Waals surface area contributed by atoms with Crippen LogP contribution in [0.3, 0.4) is 0 Å². The molecule has 0 aliphatic rings. The van der Waals surface area contributed by atoms with E-state index in [0.29, 0.717) is 5.71 Å². The highest BCUT2D eigenvalue weighted by Crippen LogP contribution is 2.19. The van der Waals surface area contributed by atoms with E-state index in [-0.39, 0.29) is 6.04 Å². The predicted octanol–water partition coefficient (Wildman–Crippen LogP) is 2.50. The Morgan fingerprint density at radius 2 is 2.17 bits per heavy atom. The van der Waals surface area contributed by atoms with Crippen molar-refractivity contribution in [2.45, 2.75) is 25.8 Å². The molecule has 2 rings (SSSR count). The molecule has 1 aromatic heterocycles. The van der Waals surface area contributed by atoms with E-state index in [0.717, 1.165) is 18.4 Å². The maximum atomic E-state index is 9.30. The van der Waals surface area contributed by atoms with E-state index in [9.17, 15) is 5.21 Å². The SMILES string of the molecule is CCC[C@H](C(=NO)c1ccccc1)n1cncn1. The lowest BCUT2D eigenvalue weighted by molar-refractivity contribution is 0.313. The van der Waals surface area contributed by atoms with Gasteiger partial charge in [-0.25, -0.2) is 9.67 Å². The van der Waals surface area contributed by atoms with Crippen LogP contribution >= 0.6 is 0 Å². The van der Waals surface area contributed by atoms with Crippen LogP contribution in [0.1, 0.15) is 31.4 Å². The third-order valence-electron chi connectivity index (χ3n) is 2.81. The van der Waals surface area contributed by atoms with E-state index in [1.807, 2.05) is 30.3 Å². The van der Waals surface area contributed by atoms with Crippen molar-refractivity contribution in [3.05, 3.63) is 48.5 Å². The third-order valence-corrected chi connectivity index (χ3v) is 2.81. The first-order chi connectivity index (χ1) is 8.86. The van der Waals surface area contributed by atoms with E-state index in [4.69, 9.17) is 0 Å². The van der Waals surface area contributed by atoms with Gasteiger partial charge in [-0.2, -0.15) is 5.10 Å². The summed E-state index contributed by atoms with van der Waals surface area (Å²) in [5.41, 5.74) is 1.51. The Morgan fingerprint density at radius 3 is 2.72 bits per heavy atom. The molecule has 0 saturated carbocycles. The fraction of sp³-hybridized carbons (Fsp3) is 0.308. The summed E-state index contributed by atoms with van der Waals surface area (Å²) in [5, 5.41) is 16.9. The zero-order valence-corrected chi connectivity index (χ0v) is 10.3. The van der Waals surface area contributed by atoms with Crippen LogP contribution in [-0.2, 0) is 0 Å². The lowest BCUT2D eigenvalue weighted by Gasteiger charge is -2.17. The van der Waals surface area contributed by atoms with Crippen molar-refractivity contribution in [2.75, 3.05) is 0 Å². The van der Waals surface area contributed by atoms with Crippen LogP contribution in [0.25, 0.3) is 0 Å². The van der Waals surface area contributed by atoms with Crippen LogP contribution in [0.2, 0.25) is 0 Å². The summed E-state index contributed by atoms with van der Waals surface area (Å²) in [5.74, 6) is 0. The molecule has 0 radical (unpaired) electrons. The molecule has 1 atom stereocenters. The third kappa shape index (κ3) is 2.56. The second-order valence-electron chi connectivity index (χ2n) is 4.03. The second kappa shape index (κ2) is 5.95. The molecular weight excluding hydrogens is 228 g/mol. The van der Waals surface area contributed by atoms with Crippen LogP contribution in [0.15, 0.2) is 48.1 Å². The molecule has 0 bridgehead atoms. The quantitative estimate of drug-likeness (QED) is 0.499. The summed E-state index contributed by atoms with van der Waals surface area (Å²) < 4.78 is 1.73. The molecule has 0 unspecified atom stereocenters. The van der Waals surface area contributed by atoms with E-state index >= 15 is 0 Å². The minimum Gasteiger partial charge on any atom is -0.411 e. The number of aromatic nitrogens is 3. The highest BCUT2D eigenvalue weighted by molar-refractivity contribution is 6.02. The Balaban J connectivity index is 2.35. The fourth-order valence-electron chi connectivity index (χ4n) is 1.97. The normalized spacial score (nSPS) is 13.5. The summed E-state index contributed by atoms with van der Waals surface area (Å²) >= 11 is 0. The van der Waals surface area contributed by atoms with E-state index in [1.165, 1.54) is 6.33 Å². The van der Waals surface area contributed by atoms with Gasteiger partial charge in [0.1, 0.15) is 18.4 Å². The van der Waals surface area contributed by atoms with Crippen LogP contribution in [0, 0.1) is 0 Å². The van der Waals surface area contributed by atoms with Crippen molar-refractivity contribution in [2.24, 2.45) is 5.16 Å². The number of nitrogens with zero attached hydrogens (tertiary/aromatic N) is 4.